The molecule has 0 radical (unpaired) electrons. The summed E-state index contributed by atoms with van der Waals surface area (Å²) in [5, 5.41) is 3.52. The molecule has 2 amide bonds. The van der Waals surface area contributed by atoms with E-state index in [0.29, 0.717) is 55.4 Å². The van der Waals surface area contributed by atoms with E-state index in [1.54, 1.807) is 29.2 Å². The van der Waals surface area contributed by atoms with Crippen molar-refractivity contribution in [3.05, 3.63) is 64.7 Å². The van der Waals surface area contributed by atoms with Gasteiger partial charge in [0.25, 0.3) is 5.91 Å². The number of hydrogen-bond acceptors (Lipinski definition) is 3. The molecule has 0 aliphatic carbocycles. The molecule has 1 N–H and O–H groups in total. The van der Waals surface area contributed by atoms with Crippen LogP contribution in [0.25, 0.3) is 0 Å². The molecule has 1 aliphatic heterocycles. The Balaban J connectivity index is 1.58. The number of morpholine rings is 1. The fraction of sp³-hybridized carbons (Fsp3) is 0.300. The van der Waals surface area contributed by atoms with Crippen LogP contribution in [0.1, 0.15) is 22.3 Å². The summed E-state index contributed by atoms with van der Waals surface area (Å²) >= 11 is 6.11. The van der Waals surface area contributed by atoms with Gasteiger partial charge < -0.3 is 15.0 Å². The highest BCUT2D eigenvalue weighted by Crippen LogP contribution is 2.18. The van der Waals surface area contributed by atoms with Crippen molar-refractivity contribution in [2.45, 2.75) is 12.8 Å². The van der Waals surface area contributed by atoms with Crippen LogP contribution in [-0.4, -0.2) is 43.0 Å². The van der Waals surface area contributed by atoms with E-state index in [1.807, 2.05) is 24.3 Å². The molecule has 2 aromatic rings. The van der Waals surface area contributed by atoms with E-state index in [2.05, 4.69) is 5.32 Å². The molecule has 0 spiro atoms. The number of ether oxygens (including phenoxy) is 1. The minimum atomic E-state index is -0.110. The van der Waals surface area contributed by atoms with Gasteiger partial charge in [0.05, 0.1) is 13.2 Å². The summed E-state index contributed by atoms with van der Waals surface area (Å²) in [5.74, 6) is -0.152. The number of hydrogen-bond donors (Lipinski definition) is 1. The van der Waals surface area contributed by atoms with Crippen molar-refractivity contribution in [2.24, 2.45) is 0 Å². The first-order chi connectivity index (χ1) is 12.6. The second kappa shape index (κ2) is 8.83. The zero-order chi connectivity index (χ0) is 18.4. The maximum atomic E-state index is 12.5. The van der Waals surface area contributed by atoms with Gasteiger partial charge in [0, 0.05) is 35.8 Å². The van der Waals surface area contributed by atoms with Gasteiger partial charge in [-0.25, -0.2) is 0 Å². The number of anilines is 1. The number of halogens is 1. The lowest BCUT2D eigenvalue weighted by Crippen LogP contribution is -2.40. The summed E-state index contributed by atoms with van der Waals surface area (Å²) in [4.78, 5) is 26.5. The molecule has 1 heterocycles. The maximum Gasteiger partial charge on any atom is 0.254 e. The van der Waals surface area contributed by atoms with Gasteiger partial charge >= 0.3 is 0 Å². The predicted octanol–water partition coefficient (Wildman–Crippen LogP) is 3.38. The Hall–Kier alpha value is -2.37. The normalized spacial score (nSPS) is 14.1. The van der Waals surface area contributed by atoms with Crippen LogP contribution in [0.3, 0.4) is 0 Å². The SMILES string of the molecule is O=C(CCc1ccccc1Cl)Nc1cccc(C(=O)N2CCOCC2)c1. The first kappa shape index (κ1) is 18.4. The molecule has 26 heavy (non-hydrogen) atoms. The van der Waals surface area contributed by atoms with Crippen molar-refractivity contribution < 1.29 is 14.3 Å². The molecule has 5 nitrogen and oxygen atoms in total. The molecule has 0 saturated carbocycles. The first-order valence-corrected chi connectivity index (χ1v) is 9.01. The Morgan fingerprint density at radius 1 is 1.08 bits per heavy atom. The predicted molar refractivity (Wildman–Crippen MR) is 102 cm³/mol. The summed E-state index contributed by atoms with van der Waals surface area (Å²) in [7, 11) is 0. The number of nitrogens with one attached hydrogen (secondary N) is 1. The molecule has 0 bridgehead atoms. The van der Waals surface area contributed by atoms with Crippen LogP contribution in [0.4, 0.5) is 5.69 Å². The highest BCUT2D eigenvalue weighted by molar-refractivity contribution is 6.31. The number of carbonyl (C=O) groups is 2. The lowest BCUT2D eigenvalue weighted by Gasteiger charge is -2.27. The lowest BCUT2D eigenvalue weighted by molar-refractivity contribution is -0.116. The summed E-state index contributed by atoms with van der Waals surface area (Å²) in [6.45, 7) is 2.30. The molecule has 1 saturated heterocycles. The van der Waals surface area contributed by atoms with Gasteiger partial charge in [-0.3, -0.25) is 9.59 Å². The molecule has 0 atom stereocenters. The summed E-state index contributed by atoms with van der Waals surface area (Å²) < 4.78 is 5.27. The van der Waals surface area contributed by atoms with Crippen LogP contribution in [-0.2, 0) is 16.0 Å². The van der Waals surface area contributed by atoms with Gasteiger partial charge in [-0.2, -0.15) is 0 Å². The zero-order valence-corrected chi connectivity index (χ0v) is 15.2. The summed E-state index contributed by atoms with van der Waals surface area (Å²) in [6, 6.07) is 14.5. The van der Waals surface area contributed by atoms with Crippen molar-refractivity contribution in [1.29, 1.82) is 0 Å². The largest absolute Gasteiger partial charge is 0.378 e. The van der Waals surface area contributed by atoms with Crippen LogP contribution >= 0.6 is 11.6 Å². The molecule has 6 heteroatoms. The van der Waals surface area contributed by atoms with Gasteiger partial charge in [0.15, 0.2) is 0 Å². The monoisotopic (exact) mass is 372 g/mol. The fourth-order valence-electron chi connectivity index (χ4n) is 2.85. The van der Waals surface area contributed by atoms with E-state index in [4.69, 9.17) is 16.3 Å². The molecule has 0 aromatic heterocycles. The van der Waals surface area contributed by atoms with E-state index in [-0.39, 0.29) is 11.8 Å². The molecular weight excluding hydrogens is 352 g/mol. The molecule has 1 aliphatic rings. The van der Waals surface area contributed by atoms with Crippen molar-refractivity contribution >= 4 is 29.1 Å². The van der Waals surface area contributed by atoms with Crippen molar-refractivity contribution in [1.82, 2.24) is 4.90 Å². The number of carbonyl (C=O) groups excluding carboxylic acids is 2. The average Bonchev–Trinajstić information content (AvgIpc) is 2.68. The van der Waals surface area contributed by atoms with Gasteiger partial charge in [-0.15, -0.1) is 0 Å². The van der Waals surface area contributed by atoms with Crippen LogP contribution in [0, 0.1) is 0 Å². The molecule has 0 unspecified atom stereocenters. The van der Waals surface area contributed by atoms with Crippen LogP contribution in [0.15, 0.2) is 48.5 Å². The van der Waals surface area contributed by atoms with Gasteiger partial charge in [0.1, 0.15) is 0 Å². The second-order valence-electron chi connectivity index (χ2n) is 6.12. The Morgan fingerprint density at radius 3 is 2.62 bits per heavy atom. The molecule has 1 fully saturated rings. The first-order valence-electron chi connectivity index (χ1n) is 8.64. The third kappa shape index (κ3) is 4.84. The minimum Gasteiger partial charge on any atom is -0.378 e. The van der Waals surface area contributed by atoms with E-state index >= 15 is 0 Å². The number of rotatable bonds is 5. The fourth-order valence-corrected chi connectivity index (χ4v) is 3.08. The smallest absolute Gasteiger partial charge is 0.254 e. The van der Waals surface area contributed by atoms with Crippen molar-refractivity contribution in [3.8, 4) is 0 Å². The Labute approximate surface area is 157 Å². The number of nitrogens with zero attached hydrogens (tertiary/aromatic N) is 1. The van der Waals surface area contributed by atoms with Crippen molar-refractivity contribution in [2.75, 3.05) is 31.6 Å². The third-order valence-corrected chi connectivity index (χ3v) is 4.64. The Bertz CT molecular complexity index is 788. The minimum absolute atomic E-state index is 0.0412. The van der Waals surface area contributed by atoms with Crippen LogP contribution in [0.2, 0.25) is 5.02 Å². The summed E-state index contributed by atoms with van der Waals surface area (Å²) in [6.07, 6.45) is 0.892. The second-order valence-corrected chi connectivity index (χ2v) is 6.53. The third-order valence-electron chi connectivity index (χ3n) is 4.27. The maximum absolute atomic E-state index is 12.5. The Kier molecular flexibility index (Phi) is 6.26. The van der Waals surface area contributed by atoms with Gasteiger partial charge in [0.2, 0.25) is 5.91 Å². The number of amides is 2. The molecular formula is C20H21ClN2O3. The highest BCUT2D eigenvalue weighted by Gasteiger charge is 2.18. The van der Waals surface area contributed by atoms with Crippen LogP contribution < -0.4 is 5.32 Å². The Morgan fingerprint density at radius 2 is 1.85 bits per heavy atom. The van der Waals surface area contributed by atoms with Gasteiger partial charge in [-0.05, 0) is 36.2 Å². The van der Waals surface area contributed by atoms with E-state index in [0.717, 1.165) is 5.56 Å². The molecule has 136 valence electrons. The summed E-state index contributed by atoms with van der Waals surface area (Å²) in [5.41, 5.74) is 2.13. The average molecular weight is 373 g/mol. The topological polar surface area (TPSA) is 58.6 Å². The molecule has 2 aromatic carbocycles. The van der Waals surface area contributed by atoms with E-state index in [1.165, 1.54) is 0 Å². The van der Waals surface area contributed by atoms with Crippen molar-refractivity contribution in [3.63, 3.8) is 0 Å². The van der Waals surface area contributed by atoms with E-state index in [9.17, 15) is 9.59 Å². The number of benzene rings is 2. The highest BCUT2D eigenvalue weighted by atomic mass is 35.5. The van der Waals surface area contributed by atoms with Gasteiger partial charge in [-0.1, -0.05) is 35.9 Å². The standard InChI is InChI=1S/C20H21ClN2O3/c21-18-7-2-1-4-15(18)8-9-19(24)22-17-6-3-5-16(14-17)20(25)23-10-12-26-13-11-23/h1-7,14H,8-13H2,(H,22,24). The molecule has 3 rings (SSSR count). The number of aryl methyl sites for hydroxylation is 1. The van der Waals surface area contributed by atoms with E-state index < -0.39 is 0 Å². The van der Waals surface area contributed by atoms with Crippen LogP contribution in [0.5, 0.6) is 0 Å². The lowest BCUT2D eigenvalue weighted by atomic mass is 10.1. The quantitative estimate of drug-likeness (QED) is 0.875. The zero-order valence-electron chi connectivity index (χ0n) is 14.4.